The van der Waals surface area contributed by atoms with Crippen LogP contribution in [0, 0.1) is 5.82 Å². The number of halogens is 3. The second-order valence-electron chi connectivity index (χ2n) is 6.36. The van der Waals surface area contributed by atoms with Gasteiger partial charge in [-0.05, 0) is 25.5 Å². The van der Waals surface area contributed by atoms with Crippen molar-refractivity contribution in [1.29, 1.82) is 0 Å². The Bertz CT molecular complexity index is 651. The quantitative estimate of drug-likeness (QED) is 0.834. The second-order valence-corrected chi connectivity index (χ2v) is 6.36. The van der Waals surface area contributed by atoms with Gasteiger partial charge in [0.05, 0.1) is 19.7 Å². The van der Waals surface area contributed by atoms with E-state index in [2.05, 4.69) is 15.6 Å². The molecule has 1 aromatic heterocycles. The number of ether oxygens (including phenoxy) is 1. The van der Waals surface area contributed by atoms with Gasteiger partial charge >= 0.3 is 0 Å². The van der Waals surface area contributed by atoms with E-state index in [0.717, 1.165) is 19.4 Å². The topological polar surface area (TPSA) is 66.5 Å². The summed E-state index contributed by atoms with van der Waals surface area (Å²) < 4.78 is 46.2. The number of anilines is 1. The number of aromatic nitrogens is 1. The minimum Gasteiger partial charge on any atom is -0.481 e. The Balaban J connectivity index is 1.72. The van der Waals surface area contributed by atoms with Crippen LogP contribution < -0.4 is 20.3 Å². The van der Waals surface area contributed by atoms with Crippen molar-refractivity contribution in [3.05, 3.63) is 17.4 Å². The van der Waals surface area contributed by atoms with Gasteiger partial charge in [0.2, 0.25) is 11.8 Å². The fourth-order valence-electron chi connectivity index (χ4n) is 3.16. The summed E-state index contributed by atoms with van der Waals surface area (Å²) in [6.45, 7) is 0.320. The van der Waals surface area contributed by atoms with Gasteiger partial charge in [-0.1, -0.05) is 0 Å². The van der Waals surface area contributed by atoms with Crippen LogP contribution >= 0.6 is 0 Å². The van der Waals surface area contributed by atoms with Crippen LogP contribution in [0.5, 0.6) is 5.88 Å². The van der Waals surface area contributed by atoms with Crippen molar-refractivity contribution in [1.82, 2.24) is 15.6 Å². The summed E-state index contributed by atoms with van der Waals surface area (Å²) in [5.41, 5.74) is 0.362. The van der Waals surface area contributed by atoms with E-state index in [9.17, 15) is 18.0 Å². The molecule has 6 nitrogen and oxygen atoms in total. The minimum absolute atomic E-state index is 0.0313. The number of hydrogen-bond acceptors (Lipinski definition) is 5. The lowest BCUT2D eigenvalue weighted by Gasteiger charge is -2.20. The molecule has 138 valence electrons. The number of carbonyl (C=O) groups is 1. The molecule has 0 saturated carbocycles. The minimum atomic E-state index is -2.84. The summed E-state index contributed by atoms with van der Waals surface area (Å²) in [4.78, 5) is 17.3. The number of carbonyl (C=O) groups excluding carboxylic acids is 1. The first-order valence-corrected chi connectivity index (χ1v) is 8.27. The molecule has 3 heterocycles. The van der Waals surface area contributed by atoms with Gasteiger partial charge in [0.1, 0.15) is 0 Å². The van der Waals surface area contributed by atoms with Gasteiger partial charge in [-0.15, -0.1) is 0 Å². The van der Waals surface area contributed by atoms with Crippen molar-refractivity contribution in [2.24, 2.45) is 0 Å². The van der Waals surface area contributed by atoms with Gasteiger partial charge in [0, 0.05) is 25.1 Å². The van der Waals surface area contributed by atoms with E-state index in [4.69, 9.17) is 4.74 Å². The van der Waals surface area contributed by atoms with Crippen LogP contribution in [0.3, 0.4) is 0 Å². The van der Waals surface area contributed by atoms with Gasteiger partial charge < -0.3 is 20.3 Å². The molecule has 2 N–H and O–H groups in total. The van der Waals surface area contributed by atoms with Crippen LogP contribution in [-0.4, -0.2) is 49.6 Å². The number of methoxy groups -OCH3 is 1. The Labute approximate surface area is 143 Å². The molecular weight excluding hydrogens is 337 g/mol. The van der Waals surface area contributed by atoms with E-state index in [1.165, 1.54) is 18.1 Å². The monoisotopic (exact) mass is 358 g/mol. The molecule has 0 spiro atoms. The summed E-state index contributed by atoms with van der Waals surface area (Å²) >= 11 is 0. The third kappa shape index (κ3) is 3.97. The van der Waals surface area contributed by atoms with Crippen molar-refractivity contribution in [2.75, 3.05) is 31.6 Å². The predicted molar refractivity (Wildman–Crippen MR) is 85.4 cm³/mol. The predicted octanol–water partition coefficient (Wildman–Crippen LogP) is 1.44. The van der Waals surface area contributed by atoms with Crippen molar-refractivity contribution in [3.8, 4) is 5.88 Å². The number of nitrogens with zero attached hydrogens (tertiary/aromatic N) is 2. The van der Waals surface area contributed by atoms with Gasteiger partial charge in [-0.3, -0.25) is 4.79 Å². The van der Waals surface area contributed by atoms with Crippen molar-refractivity contribution in [3.63, 3.8) is 0 Å². The maximum Gasteiger partial charge on any atom is 0.266 e. The van der Waals surface area contributed by atoms with Gasteiger partial charge in [-0.25, -0.2) is 13.2 Å². The number of amides is 1. The fourth-order valence-corrected chi connectivity index (χ4v) is 3.16. The molecule has 9 heteroatoms. The lowest BCUT2D eigenvalue weighted by atomic mass is 10.2. The molecule has 3 rings (SSSR count). The van der Waals surface area contributed by atoms with Crippen molar-refractivity contribution < 1.29 is 22.7 Å². The summed E-state index contributed by atoms with van der Waals surface area (Å²) in [6, 6.07) is 0.940. The zero-order valence-corrected chi connectivity index (χ0v) is 13.9. The lowest BCUT2D eigenvalue weighted by Crippen LogP contribution is -2.40. The van der Waals surface area contributed by atoms with E-state index >= 15 is 0 Å². The molecule has 2 saturated heterocycles. The Hall–Kier alpha value is -2.03. The Morgan fingerprint density at radius 1 is 1.56 bits per heavy atom. The number of rotatable bonds is 5. The number of nitrogens with one attached hydrogen (secondary N) is 2. The van der Waals surface area contributed by atoms with Crippen LogP contribution in [0.25, 0.3) is 0 Å². The van der Waals surface area contributed by atoms with E-state index in [-0.39, 0.29) is 43.2 Å². The molecule has 1 aromatic rings. The van der Waals surface area contributed by atoms with E-state index < -0.39 is 18.3 Å². The molecule has 2 aliphatic rings. The second kappa shape index (κ2) is 7.07. The normalized spacial score (nSPS) is 22.2. The van der Waals surface area contributed by atoms with Crippen LogP contribution in [0.2, 0.25) is 0 Å². The molecule has 2 aliphatic heterocycles. The van der Waals surface area contributed by atoms with Crippen LogP contribution in [0.15, 0.2) is 6.07 Å². The highest BCUT2D eigenvalue weighted by Gasteiger charge is 2.40. The highest BCUT2D eigenvalue weighted by Crippen LogP contribution is 2.33. The molecule has 1 atom stereocenters. The SMILES string of the molecule is COc1nc(N2CCC(F)(F)C2)c(F)cc1CNC(=O)[C@@H]1CCCN1. The first-order valence-electron chi connectivity index (χ1n) is 8.27. The smallest absolute Gasteiger partial charge is 0.266 e. The Kier molecular flexibility index (Phi) is 5.03. The first-order chi connectivity index (χ1) is 11.9. The van der Waals surface area contributed by atoms with Crippen LogP contribution in [0.4, 0.5) is 19.0 Å². The van der Waals surface area contributed by atoms with Gasteiger partial charge in [0.25, 0.3) is 5.92 Å². The van der Waals surface area contributed by atoms with E-state index in [1.807, 2.05) is 0 Å². The third-order valence-electron chi connectivity index (χ3n) is 4.49. The average Bonchev–Trinajstić information content (AvgIpc) is 3.22. The largest absolute Gasteiger partial charge is 0.481 e. The number of pyridine rings is 1. The zero-order chi connectivity index (χ0) is 18.0. The first kappa shape index (κ1) is 17.8. The van der Waals surface area contributed by atoms with Gasteiger partial charge in [-0.2, -0.15) is 4.98 Å². The molecule has 0 radical (unpaired) electrons. The third-order valence-corrected chi connectivity index (χ3v) is 4.49. The maximum atomic E-state index is 14.4. The highest BCUT2D eigenvalue weighted by atomic mass is 19.3. The molecule has 0 aliphatic carbocycles. The summed E-state index contributed by atoms with van der Waals surface area (Å²) in [5.74, 6) is -3.75. The van der Waals surface area contributed by atoms with Crippen LogP contribution in [-0.2, 0) is 11.3 Å². The molecular formula is C16H21F3N4O2. The molecule has 25 heavy (non-hydrogen) atoms. The summed E-state index contributed by atoms with van der Waals surface area (Å²) in [6.07, 6.45) is 1.37. The Morgan fingerprint density at radius 2 is 2.36 bits per heavy atom. The van der Waals surface area contributed by atoms with Crippen molar-refractivity contribution in [2.45, 2.75) is 37.8 Å². The molecule has 0 unspecified atom stereocenters. The zero-order valence-electron chi connectivity index (χ0n) is 13.9. The molecule has 2 fully saturated rings. The average molecular weight is 358 g/mol. The van der Waals surface area contributed by atoms with E-state index in [1.54, 1.807) is 0 Å². The highest BCUT2D eigenvalue weighted by molar-refractivity contribution is 5.82. The van der Waals surface area contributed by atoms with Gasteiger partial charge in [0.15, 0.2) is 11.6 Å². The lowest BCUT2D eigenvalue weighted by molar-refractivity contribution is -0.122. The molecule has 0 aromatic carbocycles. The molecule has 0 bridgehead atoms. The standard InChI is InChI=1S/C16H21F3N4O2/c1-25-15-10(8-21-14(24)12-3-2-5-20-12)7-11(17)13(22-15)23-6-4-16(18,19)9-23/h7,12,20H,2-6,8-9H2,1H3,(H,21,24)/t12-/m0/s1. The Morgan fingerprint density at radius 3 is 2.96 bits per heavy atom. The van der Waals surface area contributed by atoms with E-state index in [0.29, 0.717) is 5.56 Å². The number of hydrogen-bond donors (Lipinski definition) is 2. The summed E-state index contributed by atoms with van der Waals surface area (Å²) in [7, 11) is 1.37. The molecule has 1 amide bonds. The summed E-state index contributed by atoms with van der Waals surface area (Å²) in [5, 5.41) is 5.80. The van der Waals surface area contributed by atoms with Crippen molar-refractivity contribution >= 4 is 11.7 Å². The van der Waals surface area contributed by atoms with Crippen LogP contribution in [0.1, 0.15) is 24.8 Å². The fraction of sp³-hybridized carbons (Fsp3) is 0.625. The number of alkyl halides is 2. The maximum absolute atomic E-state index is 14.4.